The van der Waals surface area contributed by atoms with Gasteiger partial charge in [-0.25, -0.2) is 0 Å². The molecule has 1 aromatic carbocycles. The third kappa shape index (κ3) is 4.13. The second-order valence-corrected chi connectivity index (χ2v) is 3.72. The van der Waals surface area contributed by atoms with Gasteiger partial charge in [0.2, 0.25) is 5.91 Å². The van der Waals surface area contributed by atoms with E-state index >= 15 is 0 Å². The highest BCUT2D eigenvalue weighted by molar-refractivity contribution is 5.81. The predicted molar refractivity (Wildman–Crippen MR) is 59.7 cm³/mol. The minimum absolute atomic E-state index is 0.192. The molecule has 0 radical (unpaired) electrons. The molecule has 0 saturated heterocycles. The molecule has 1 aromatic rings. The number of carbonyl (C=O) groups is 2. The van der Waals surface area contributed by atoms with Crippen molar-refractivity contribution < 1.29 is 14.7 Å². The molecule has 0 saturated carbocycles. The molecule has 4 nitrogen and oxygen atoms in total. The van der Waals surface area contributed by atoms with Crippen molar-refractivity contribution in [1.82, 2.24) is 0 Å². The minimum atomic E-state index is -0.989. The highest BCUT2D eigenvalue weighted by Crippen LogP contribution is 2.13. The molecule has 86 valence electrons. The van der Waals surface area contributed by atoms with E-state index in [1.165, 1.54) is 0 Å². The Labute approximate surface area is 94.1 Å². The molecule has 1 amide bonds. The van der Waals surface area contributed by atoms with Gasteiger partial charge in [0, 0.05) is 5.92 Å². The monoisotopic (exact) mass is 221 g/mol. The highest BCUT2D eigenvalue weighted by Gasteiger charge is 2.18. The van der Waals surface area contributed by atoms with Crippen molar-refractivity contribution in [2.24, 2.45) is 11.7 Å². The van der Waals surface area contributed by atoms with Crippen molar-refractivity contribution >= 4 is 11.9 Å². The van der Waals surface area contributed by atoms with Crippen LogP contribution in [0.25, 0.3) is 0 Å². The fourth-order valence-electron chi connectivity index (χ4n) is 1.54. The van der Waals surface area contributed by atoms with E-state index in [0.717, 1.165) is 5.56 Å². The van der Waals surface area contributed by atoms with Crippen molar-refractivity contribution in [3.8, 4) is 0 Å². The van der Waals surface area contributed by atoms with E-state index in [1.54, 1.807) is 0 Å². The second-order valence-electron chi connectivity index (χ2n) is 3.72. The summed E-state index contributed by atoms with van der Waals surface area (Å²) in [5, 5.41) is 8.62. The first-order chi connectivity index (χ1) is 7.59. The van der Waals surface area contributed by atoms with E-state index in [-0.39, 0.29) is 6.42 Å². The molecule has 16 heavy (non-hydrogen) atoms. The van der Waals surface area contributed by atoms with E-state index in [9.17, 15) is 9.59 Å². The van der Waals surface area contributed by atoms with Crippen LogP contribution in [0.5, 0.6) is 0 Å². The lowest BCUT2D eigenvalue weighted by Crippen LogP contribution is -2.26. The van der Waals surface area contributed by atoms with Crippen molar-refractivity contribution in [1.29, 1.82) is 0 Å². The summed E-state index contributed by atoms with van der Waals surface area (Å²) in [7, 11) is 0. The van der Waals surface area contributed by atoms with Crippen LogP contribution in [-0.4, -0.2) is 17.0 Å². The summed E-state index contributed by atoms with van der Waals surface area (Å²) in [4.78, 5) is 21.5. The Bertz CT molecular complexity index is 362. The molecule has 0 bridgehead atoms. The first kappa shape index (κ1) is 12.2. The molecule has 3 N–H and O–H groups in total. The topological polar surface area (TPSA) is 80.4 Å². The van der Waals surface area contributed by atoms with E-state index in [2.05, 4.69) is 0 Å². The average Bonchev–Trinajstić information content (AvgIpc) is 2.25. The molecule has 1 rings (SSSR count). The van der Waals surface area contributed by atoms with Gasteiger partial charge in [0.15, 0.2) is 0 Å². The van der Waals surface area contributed by atoms with E-state index in [1.807, 2.05) is 30.3 Å². The Morgan fingerprint density at radius 2 is 1.88 bits per heavy atom. The molecule has 4 heteroatoms. The van der Waals surface area contributed by atoms with Crippen LogP contribution in [0.1, 0.15) is 18.4 Å². The van der Waals surface area contributed by atoms with Crippen LogP contribution >= 0.6 is 0 Å². The minimum Gasteiger partial charge on any atom is -0.481 e. The van der Waals surface area contributed by atoms with Gasteiger partial charge in [-0.05, 0) is 18.4 Å². The van der Waals surface area contributed by atoms with Crippen molar-refractivity contribution in [2.75, 3.05) is 0 Å². The lowest BCUT2D eigenvalue weighted by Gasteiger charge is -2.10. The maximum atomic E-state index is 11.0. The number of amides is 1. The summed E-state index contributed by atoms with van der Waals surface area (Å²) in [5.74, 6) is -2.12. The van der Waals surface area contributed by atoms with Crippen LogP contribution < -0.4 is 5.73 Å². The third-order valence-corrected chi connectivity index (χ3v) is 2.45. The van der Waals surface area contributed by atoms with Crippen molar-refractivity contribution in [3.63, 3.8) is 0 Å². The lowest BCUT2D eigenvalue weighted by molar-refractivity contribution is -0.140. The predicted octanol–water partition coefficient (Wildman–Crippen LogP) is 1.20. The number of hydrogen-bond donors (Lipinski definition) is 2. The Morgan fingerprint density at radius 3 is 2.38 bits per heavy atom. The molecule has 1 unspecified atom stereocenters. The standard InChI is InChI=1S/C12H15NO3/c13-12(16)10(8-11(14)15)7-6-9-4-2-1-3-5-9/h1-5,10H,6-8H2,(H2,13,16)(H,14,15). The maximum Gasteiger partial charge on any atom is 0.304 e. The molecule has 0 fully saturated rings. The number of carbonyl (C=O) groups excluding carboxylic acids is 1. The zero-order valence-corrected chi connectivity index (χ0v) is 8.93. The number of hydrogen-bond acceptors (Lipinski definition) is 2. The van der Waals surface area contributed by atoms with E-state index in [0.29, 0.717) is 12.8 Å². The normalized spacial score (nSPS) is 12.0. The maximum absolute atomic E-state index is 11.0. The van der Waals surface area contributed by atoms with Crippen LogP contribution in [0.15, 0.2) is 30.3 Å². The second kappa shape index (κ2) is 5.90. The van der Waals surface area contributed by atoms with Gasteiger partial charge in [-0.15, -0.1) is 0 Å². The van der Waals surface area contributed by atoms with E-state index < -0.39 is 17.8 Å². The number of nitrogens with two attached hydrogens (primary N) is 1. The Kier molecular flexibility index (Phi) is 4.51. The quantitative estimate of drug-likeness (QED) is 0.757. The number of carboxylic acid groups (broad SMARTS) is 1. The Morgan fingerprint density at radius 1 is 1.25 bits per heavy atom. The number of aryl methyl sites for hydroxylation is 1. The summed E-state index contributed by atoms with van der Waals surface area (Å²) >= 11 is 0. The molecule has 0 aromatic heterocycles. The molecule has 0 aliphatic carbocycles. The fraction of sp³-hybridized carbons (Fsp3) is 0.333. The SMILES string of the molecule is NC(=O)C(CCc1ccccc1)CC(=O)O. The summed E-state index contributed by atoms with van der Waals surface area (Å²) in [6.45, 7) is 0. The zero-order chi connectivity index (χ0) is 12.0. The van der Waals surface area contributed by atoms with Crippen molar-refractivity contribution in [2.45, 2.75) is 19.3 Å². The number of carboxylic acids is 1. The zero-order valence-electron chi connectivity index (χ0n) is 8.93. The third-order valence-electron chi connectivity index (χ3n) is 2.45. The first-order valence-corrected chi connectivity index (χ1v) is 5.14. The molecular formula is C12H15NO3. The van der Waals surface area contributed by atoms with Crippen LogP contribution in [0, 0.1) is 5.92 Å². The molecule has 0 heterocycles. The number of benzene rings is 1. The van der Waals surface area contributed by atoms with Crippen LogP contribution in [0.4, 0.5) is 0 Å². The van der Waals surface area contributed by atoms with Crippen LogP contribution in [0.2, 0.25) is 0 Å². The van der Waals surface area contributed by atoms with Gasteiger partial charge >= 0.3 is 5.97 Å². The van der Waals surface area contributed by atoms with Crippen LogP contribution in [-0.2, 0) is 16.0 Å². The Balaban J connectivity index is 2.50. The molecule has 1 atom stereocenters. The summed E-state index contributed by atoms with van der Waals surface area (Å²) < 4.78 is 0. The summed E-state index contributed by atoms with van der Waals surface area (Å²) in [5.41, 5.74) is 6.23. The van der Waals surface area contributed by atoms with Gasteiger partial charge in [0.1, 0.15) is 0 Å². The number of primary amides is 1. The lowest BCUT2D eigenvalue weighted by atomic mass is 9.96. The van der Waals surface area contributed by atoms with Gasteiger partial charge in [-0.3, -0.25) is 9.59 Å². The molecule has 0 aliphatic rings. The largest absolute Gasteiger partial charge is 0.481 e. The molecule has 0 spiro atoms. The first-order valence-electron chi connectivity index (χ1n) is 5.14. The van der Waals surface area contributed by atoms with Gasteiger partial charge in [0.05, 0.1) is 6.42 Å². The highest BCUT2D eigenvalue weighted by atomic mass is 16.4. The van der Waals surface area contributed by atoms with Gasteiger partial charge in [-0.1, -0.05) is 30.3 Å². The number of rotatable bonds is 6. The number of aliphatic carboxylic acids is 1. The van der Waals surface area contributed by atoms with Gasteiger partial charge in [0.25, 0.3) is 0 Å². The van der Waals surface area contributed by atoms with Gasteiger partial charge < -0.3 is 10.8 Å². The van der Waals surface area contributed by atoms with Crippen molar-refractivity contribution in [3.05, 3.63) is 35.9 Å². The summed E-state index contributed by atoms with van der Waals surface area (Å²) in [6, 6.07) is 9.61. The fourth-order valence-corrected chi connectivity index (χ4v) is 1.54. The average molecular weight is 221 g/mol. The summed E-state index contributed by atoms with van der Waals surface area (Å²) in [6.07, 6.45) is 0.954. The Hall–Kier alpha value is -1.84. The smallest absolute Gasteiger partial charge is 0.304 e. The van der Waals surface area contributed by atoms with Gasteiger partial charge in [-0.2, -0.15) is 0 Å². The molecule has 0 aliphatic heterocycles. The van der Waals surface area contributed by atoms with Crippen LogP contribution in [0.3, 0.4) is 0 Å². The van der Waals surface area contributed by atoms with E-state index in [4.69, 9.17) is 10.8 Å². The molecular weight excluding hydrogens is 206 g/mol.